The van der Waals surface area contributed by atoms with Gasteiger partial charge < -0.3 is 20.1 Å². The third-order valence-corrected chi connectivity index (χ3v) is 9.55. The summed E-state index contributed by atoms with van der Waals surface area (Å²) in [6, 6.07) is 0. The lowest BCUT2D eigenvalue weighted by Crippen LogP contribution is -2.52. The predicted octanol–water partition coefficient (Wildman–Crippen LogP) is 4.55. The predicted molar refractivity (Wildman–Crippen MR) is 123 cm³/mol. The molecule has 3 N–H and O–H groups in total. The molecule has 4 heteroatoms. The summed E-state index contributed by atoms with van der Waals surface area (Å²) in [5, 5.41) is 31.6. The van der Waals surface area contributed by atoms with Gasteiger partial charge in [0.1, 0.15) is 0 Å². The SMILES string of the molecule is CCC(C)C(O)COC(C)C1=CC[C@H]2C3=CC=C4C[C@@H](O)C[C@H](O)[C@]4(C)[C@H]3CC[C@]12C. The van der Waals surface area contributed by atoms with Gasteiger partial charge in [0.15, 0.2) is 0 Å². The summed E-state index contributed by atoms with van der Waals surface area (Å²) in [5.74, 6) is 1.04. The second kappa shape index (κ2) is 8.44. The third kappa shape index (κ3) is 3.68. The van der Waals surface area contributed by atoms with Crippen LogP contribution in [0, 0.1) is 28.6 Å². The van der Waals surface area contributed by atoms with Crippen molar-refractivity contribution in [2.24, 2.45) is 28.6 Å². The Morgan fingerprint density at radius 1 is 1.16 bits per heavy atom. The fourth-order valence-electron chi connectivity index (χ4n) is 7.07. The number of fused-ring (bicyclic) bond motifs is 5. The molecule has 0 radical (unpaired) electrons. The van der Waals surface area contributed by atoms with Crippen molar-refractivity contribution in [1.82, 2.24) is 0 Å². The molecule has 0 heterocycles. The summed E-state index contributed by atoms with van der Waals surface area (Å²) < 4.78 is 6.18. The molecule has 4 aliphatic carbocycles. The van der Waals surface area contributed by atoms with Gasteiger partial charge in [0.2, 0.25) is 0 Å². The van der Waals surface area contributed by atoms with E-state index in [-0.39, 0.29) is 22.9 Å². The van der Waals surface area contributed by atoms with Crippen molar-refractivity contribution in [3.8, 4) is 0 Å². The van der Waals surface area contributed by atoms with Gasteiger partial charge in [-0.1, -0.05) is 63.5 Å². The van der Waals surface area contributed by atoms with Crippen molar-refractivity contribution in [2.75, 3.05) is 6.61 Å². The van der Waals surface area contributed by atoms with E-state index in [4.69, 9.17) is 4.74 Å². The van der Waals surface area contributed by atoms with Gasteiger partial charge in [-0.3, -0.25) is 0 Å². The van der Waals surface area contributed by atoms with Crippen molar-refractivity contribution in [1.29, 1.82) is 0 Å². The molecule has 2 fully saturated rings. The highest BCUT2D eigenvalue weighted by atomic mass is 16.5. The summed E-state index contributed by atoms with van der Waals surface area (Å²) in [7, 11) is 0. The summed E-state index contributed by atoms with van der Waals surface area (Å²) in [6.07, 6.45) is 10.8. The lowest BCUT2D eigenvalue weighted by molar-refractivity contribution is -0.0516. The van der Waals surface area contributed by atoms with Crippen LogP contribution in [-0.4, -0.2) is 46.3 Å². The maximum Gasteiger partial charge on any atom is 0.0799 e. The van der Waals surface area contributed by atoms with Gasteiger partial charge in [-0.05, 0) is 61.3 Å². The largest absolute Gasteiger partial charge is 0.393 e. The van der Waals surface area contributed by atoms with Crippen LogP contribution in [0.2, 0.25) is 0 Å². The Morgan fingerprint density at radius 3 is 2.61 bits per heavy atom. The Morgan fingerprint density at radius 2 is 1.90 bits per heavy atom. The molecule has 4 aliphatic rings. The van der Waals surface area contributed by atoms with Crippen LogP contribution in [0.25, 0.3) is 0 Å². The summed E-state index contributed by atoms with van der Waals surface area (Å²) in [4.78, 5) is 0. The van der Waals surface area contributed by atoms with Crippen LogP contribution >= 0.6 is 0 Å². The first-order chi connectivity index (χ1) is 14.6. The first kappa shape index (κ1) is 23.2. The summed E-state index contributed by atoms with van der Waals surface area (Å²) in [5.41, 5.74) is 3.90. The highest BCUT2D eigenvalue weighted by Crippen LogP contribution is 2.64. The number of hydrogen-bond donors (Lipinski definition) is 3. The van der Waals surface area contributed by atoms with Crippen LogP contribution in [0.5, 0.6) is 0 Å². The van der Waals surface area contributed by atoms with Crippen molar-refractivity contribution >= 4 is 0 Å². The van der Waals surface area contributed by atoms with E-state index in [9.17, 15) is 15.3 Å². The molecule has 174 valence electrons. The van der Waals surface area contributed by atoms with E-state index in [1.165, 1.54) is 16.7 Å². The normalized spacial score (nSPS) is 42.4. The molecule has 0 aromatic carbocycles. The Balaban J connectivity index is 1.53. The standard InChI is InChI=1S/C27H42O4/c1-6-16(2)24(29)15-31-17(3)21-9-10-22-20-8-7-18-13-19(28)14-25(30)27(18,5)23(20)11-12-26(21,22)4/h7-9,16-17,19,22-25,28-30H,6,10-15H2,1-5H3/t16?,17?,19-,22+,23+,24?,25+,26-,27+/m1/s1. The van der Waals surface area contributed by atoms with Gasteiger partial charge in [0.05, 0.1) is 31.0 Å². The van der Waals surface area contributed by atoms with E-state index in [1.807, 2.05) is 0 Å². The maximum atomic E-state index is 11.0. The molecule has 0 saturated heterocycles. The lowest BCUT2D eigenvalue weighted by atomic mass is 9.49. The molecular weight excluding hydrogens is 388 g/mol. The zero-order chi connectivity index (χ0) is 22.6. The van der Waals surface area contributed by atoms with Gasteiger partial charge in [0, 0.05) is 11.8 Å². The van der Waals surface area contributed by atoms with Gasteiger partial charge in [-0.15, -0.1) is 0 Å². The molecule has 9 atom stereocenters. The number of rotatable bonds is 6. The molecule has 0 bridgehead atoms. The van der Waals surface area contributed by atoms with Crippen LogP contribution in [-0.2, 0) is 4.74 Å². The molecule has 4 nitrogen and oxygen atoms in total. The van der Waals surface area contributed by atoms with Crippen molar-refractivity contribution in [3.05, 3.63) is 34.9 Å². The molecular formula is C27H42O4. The Labute approximate surface area is 188 Å². The van der Waals surface area contributed by atoms with Crippen molar-refractivity contribution in [2.45, 2.75) is 97.6 Å². The number of ether oxygens (including phenoxy) is 1. The minimum Gasteiger partial charge on any atom is -0.393 e. The number of allylic oxidation sites excluding steroid dienone is 4. The average molecular weight is 431 g/mol. The molecule has 0 aliphatic heterocycles. The average Bonchev–Trinajstić information content (AvgIpc) is 3.09. The second-order valence-electron chi connectivity index (χ2n) is 11.1. The smallest absolute Gasteiger partial charge is 0.0799 e. The summed E-state index contributed by atoms with van der Waals surface area (Å²) >= 11 is 0. The second-order valence-corrected chi connectivity index (χ2v) is 11.1. The molecule has 0 spiro atoms. The zero-order valence-corrected chi connectivity index (χ0v) is 20.0. The first-order valence-electron chi connectivity index (χ1n) is 12.4. The highest BCUT2D eigenvalue weighted by molar-refractivity contribution is 5.43. The topological polar surface area (TPSA) is 69.9 Å². The molecule has 0 aromatic rings. The first-order valence-corrected chi connectivity index (χ1v) is 12.4. The number of aliphatic hydroxyl groups is 3. The van der Waals surface area contributed by atoms with Crippen LogP contribution in [0.1, 0.15) is 73.1 Å². The van der Waals surface area contributed by atoms with E-state index in [1.54, 1.807) is 0 Å². The number of hydrogen-bond acceptors (Lipinski definition) is 4. The highest BCUT2D eigenvalue weighted by Gasteiger charge is 2.57. The minimum absolute atomic E-state index is 0.00607. The van der Waals surface area contributed by atoms with E-state index < -0.39 is 18.3 Å². The van der Waals surface area contributed by atoms with E-state index in [0.717, 1.165) is 25.7 Å². The number of aliphatic hydroxyl groups excluding tert-OH is 3. The Hall–Kier alpha value is -0.940. The Kier molecular flexibility index (Phi) is 6.33. The third-order valence-electron chi connectivity index (χ3n) is 9.55. The Bertz CT molecular complexity index is 782. The fraction of sp³-hybridized carbons (Fsp3) is 0.778. The summed E-state index contributed by atoms with van der Waals surface area (Å²) in [6.45, 7) is 11.3. The zero-order valence-electron chi connectivity index (χ0n) is 20.0. The molecule has 3 unspecified atom stereocenters. The van der Waals surface area contributed by atoms with Crippen LogP contribution < -0.4 is 0 Å². The van der Waals surface area contributed by atoms with E-state index >= 15 is 0 Å². The van der Waals surface area contributed by atoms with Crippen LogP contribution in [0.3, 0.4) is 0 Å². The van der Waals surface area contributed by atoms with Gasteiger partial charge in [0.25, 0.3) is 0 Å². The lowest BCUT2D eigenvalue weighted by Gasteiger charge is -2.56. The fourth-order valence-corrected chi connectivity index (χ4v) is 7.07. The molecule has 0 amide bonds. The monoisotopic (exact) mass is 430 g/mol. The van der Waals surface area contributed by atoms with E-state index in [2.05, 4.69) is 52.8 Å². The van der Waals surface area contributed by atoms with Crippen molar-refractivity contribution < 1.29 is 20.1 Å². The van der Waals surface area contributed by atoms with Gasteiger partial charge >= 0.3 is 0 Å². The van der Waals surface area contributed by atoms with Crippen LogP contribution in [0.4, 0.5) is 0 Å². The molecule has 31 heavy (non-hydrogen) atoms. The van der Waals surface area contributed by atoms with Crippen molar-refractivity contribution in [3.63, 3.8) is 0 Å². The van der Waals surface area contributed by atoms with Crippen LogP contribution in [0.15, 0.2) is 34.9 Å². The van der Waals surface area contributed by atoms with Gasteiger partial charge in [-0.2, -0.15) is 0 Å². The van der Waals surface area contributed by atoms with E-state index in [0.29, 0.717) is 31.3 Å². The minimum atomic E-state index is -0.487. The molecule has 2 saturated carbocycles. The quantitative estimate of drug-likeness (QED) is 0.541. The maximum absolute atomic E-state index is 11.0. The van der Waals surface area contributed by atoms with Gasteiger partial charge in [-0.25, -0.2) is 0 Å². The molecule has 0 aromatic heterocycles. The molecule has 4 rings (SSSR count).